The molecule has 0 bridgehead atoms. The fraction of sp³-hybridized carbons (Fsp3) is 0.200. The number of ether oxygens (including phenoxy) is 1. The van der Waals surface area contributed by atoms with Crippen molar-refractivity contribution >= 4 is 33.2 Å². The second kappa shape index (κ2) is 6.46. The van der Waals surface area contributed by atoms with Gasteiger partial charge in [0.25, 0.3) is 0 Å². The Kier molecular flexibility index (Phi) is 4.89. The van der Waals surface area contributed by atoms with E-state index in [0.717, 1.165) is 15.8 Å². The van der Waals surface area contributed by atoms with Gasteiger partial charge in [0, 0.05) is 11.1 Å². The highest BCUT2D eigenvalue weighted by Gasteiger charge is 2.11. The predicted octanol–water partition coefficient (Wildman–Crippen LogP) is 5.42. The van der Waals surface area contributed by atoms with Crippen LogP contribution >= 0.6 is 27.5 Å². The highest BCUT2D eigenvalue weighted by atomic mass is 79.9. The number of rotatable bonds is 4. The van der Waals surface area contributed by atoms with Crippen molar-refractivity contribution in [2.24, 2.45) is 0 Å². The smallest absolute Gasteiger partial charge is 0.146 e. The second-order valence-corrected chi connectivity index (χ2v) is 5.67. The molecule has 0 heterocycles. The number of nitrogens with one attached hydrogen (secondary N) is 1. The SMILES string of the molecule is COc1ccc(C(C)Nc2cc(Cl)ccc2F)cc1Br. The predicted molar refractivity (Wildman–Crippen MR) is 84.1 cm³/mol. The van der Waals surface area contributed by atoms with E-state index in [0.29, 0.717) is 10.7 Å². The second-order valence-electron chi connectivity index (χ2n) is 4.38. The van der Waals surface area contributed by atoms with Crippen molar-refractivity contribution in [2.45, 2.75) is 13.0 Å². The van der Waals surface area contributed by atoms with Gasteiger partial charge in [-0.25, -0.2) is 4.39 Å². The first kappa shape index (κ1) is 15.1. The monoisotopic (exact) mass is 357 g/mol. The number of benzene rings is 2. The molecule has 0 fully saturated rings. The van der Waals surface area contributed by atoms with Crippen molar-refractivity contribution in [3.05, 3.63) is 57.3 Å². The van der Waals surface area contributed by atoms with E-state index < -0.39 is 0 Å². The summed E-state index contributed by atoms with van der Waals surface area (Å²) in [6, 6.07) is 10.1. The highest BCUT2D eigenvalue weighted by molar-refractivity contribution is 9.10. The Hall–Kier alpha value is -1.26. The molecule has 1 N–H and O–H groups in total. The summed E-state index contributed by atoms with van der Waals surface area (Å²) in [7, 11) is 1.61. The molecule has 20 heavy (non-hydrogen) atoms. The van der Waals surface area contributed by atoms with Crippen molar-refractivity contribution < 1.29 is 9.13 Å². The molecule has 0 aliphatic carbocycles. The molecule has 2 nitrogen and oxygen atoms in total. The number of hydrogen-bond acceptors (Lipinski definition) is 2. The highest BCUT2D eigenvalue weighted by Crippen LogP contribution is 2.30. The molecule has 0 aromatic heterocycles. The zero-order valence-corrected chi connectivity index (χ0v) is 13.4. The minimum Gasteiger partial charge on any atom is -0.496 e. The minimum atomic E-state index is -0.325. The normalized spacial score (nSPS) is 12.1. The molecule has 0 aliphatic heterocycles. The van der Waals surface area contributed by atoms with Crippen LogP contribution in [0.3, 0.4) is 0 Å². The van der Waals surface area contributed by atoms with Gasteiger partial charge < -0.3 is 10.1 Å². The Morgan fingerprint density at radius 2 is 2.00 bits per heavy atom. The van der Waals surface area contributed by atoms with Crippen molar-refractivity contribution in [3.63, 3.8) is 0 Å². The molecule has 0 amide bonds. The van der Waals surface area contributed by atoms with Gasteiger partial charge >= 0.3 is 0 Å². The van der Waals surface area contributed by atoms with E-state index in [1.165, 1.54) is 12.1 Å². The first-order valence-electron chi connectivity index (χ1n) is 6.06. The molecule has 0 aliphatic rings. The van der Waals surface area contributed by atoms with E-state index in [2.05, 4.69) is 21.2 Å². The summed E-state index contributed by atoms with van der Waals surface area (Å²) in [5, 5.41) is 3.61. The zero-order valence-electron chi connectivity index (χ0n) is 11.1. The minimum absolute atomic E-state index is 0.0647. The molecular weight excluding hydrogens is 345 g/mol. The molecule has 1 unspecified atom stereocenters. The van der Waals surface area contributed by atoms with Gasteiger partial charge in [0.1, 0.15) is 11.6 Å². The third kappa shape index (κ3) is 3.44. The summed E-state index contributed by atoms with van der Waals surface area (Å²) in [6.45, 7) is 1.95. The Balaban J connectivity index is 2.21. The summed E-state index contributed by atoms with van der Waals surface area (Å²) >= 11 is 9.32. The van der Waals surface area contributed by atoms with Gasteiger partial charge in [0.15, 0.2) is 0 Å². The maximum absolute atomic E-state index is 13.7. The molecule has 0 saturated carbocycles. The van der Waals surface area contributed by atoms with Crippen molar-refractivity contribution in [3.8, 4) is 5.75 Å². The van der Waals surface area contributed by atoms with Gasteiger partial charge in [-0.15, -0.1) is 0 Å². The molecular formula is C15H14BrClFNO. The maximum Gasteiger partial charge on any atom is 0.146 e. The van der Waals surface area contributed by atoms with Crippen LogP contribution in [0.1, 0.15) is 18.5 Å². The van der Waals surface area contributed by atoms with E-state index in [-0.39, 0.29) is 11.9 Å². The van der Waals surface area contributed by atoms with E-state index in [1.54, 1.807) is 13.2 Å². The average molecular weight is 359 g/mol. The summed E-state index contributed by atoms with van der Waals surface area (Å²) in [5.41, 5.74) is 1.40. The molecule has 2 rings (SSSR count). The van der Waals surface area contributed by atoms with Crippen LogP contribution in [0.4, 0.5) is 10.1 Å². The summed E-state index contributed by atoms with van der Waals surface area (Å²) in [4.78, 5) is 0. The standard InChI is InChI=1S/C15H14BrClFNO/c1-9(10-3-6-15(20-2)12(16)7-10)19-14-8-11(17)4-5-13(14)18/h3-9,19H,1-2H3. The molecule has 5 heteroatoms. The van der Waals surface area contributed by atoms with Crippen LogP contribution in [-0.2, 0) is 0 Å². The van der Waals surface area contributed by atoms with Crippen molar-refractivity contribution in [1.29, 1.82) is 0 Å². The lowest BCUT2D eigenvalue weighted by molar-refractivity contribution is 0.412. The Labute approximate surface area is 131 Å². The quantitative estimate of drug-likeness (QED) is 0.787. The number of hydrogen-bond donors (Lipinski definition) is 1. The lowest BCUT2D eigenvalue weighted by Crippen LogP contribution is -2.08. The lowest BCUT2D eigenvalue weighted by Gasteiger charge is -2.17. The van der Waals surface area contributed by atoms with Crippen LogP contribution in [0, 0.1) is 5.82 Å². The summed E-state index contributed by atoms with van der Waals surface area (Å²) in [5.74, 6) is 0.434. The van der Waals surface area contributed by atoms with Gasteiger partial charge in [-0.3, -0.25) is 0 Å². The number of anilines is 1. The molecule has 0 spiro atoms. The molecule has 106 valence electrons. The first-order valence-corrected chi connectivity index (χ1v) is 7.23. The fourth-order valence-electron chi connectivity index (χ4n) is 1.88. The first-order chi connectivity index (χ1) is 9.51. The molecule has 2 aromatic carbocycles. The van der Waals surface area contributed by atoms with Gasteiger partial charge in [-0.05, 0) is 58.7 Å². The Morgan fingerprint density at radius 1 is 1.25 bits per heavy atom. The third-order valence-electron chi connectivity index (χ3n) is 2.98. The molecule has 0 radical (unpaired) electrons. The van der Waals surface area contributed by atoms with Crippen molar-refractivity contribution in [1.82, 2.24) is 0 Å². The Morgan fingerprint density at radius 3 is 2.65 bits per heavy atom. The molecule has 2 aromatic rings. The van der Waals surface area contributed by atoms with Gasteiger partial charge in [-0.1, -0.05) is 17.7 Å². The fourth-order valence-corrected chi connectivity index (χ4v) is 2.61. The van der Waals surface area contributed by atoms with Crippen LogP contribution in [0.15, 0.2) is 40.9 Å². The number of halogens is 3. The van der Waals surface area contributed by atoms with Crippen LogP contribution in [-0.4, -0.2) is 7.11 Å². The zero-order chi connectivity index (χ0) is 14.7. The summed E-state index contributed by atoms with van der Waals surface area (Å²) < 4.78 is 19.7. The Bertz CT molecular complexity index is 621. The molecule has 1 atom stereocenters. The van der Waals surface area contributed by atoms with Gasteiger partial charge in [0.05, 0.1) is 17.3 Å². The number of methoxy groups -OCH3 is 1. The van der Waals surface area contributed by atoms with Crippen LogP contribution < -0.4 is 10.1 Å². The topological polar surface area (TPSA) is 21.3 Å². The third-order valence-corrected chi connectivity index (χ3v) is 3.83. The van der Waals surface area contributed by atoms with Crippen LogP contribution in [0.25, 0.3) is 0 Å². The summed E-state index contributed by atoms with van der Waals surface area (Å²) in [6.07, 6.45) is 0. The van der Waals surface area contributed by atoms with E-state index >= 15 is 0 Å². The maximum atomic E-state index is 13.7. The molecule has 0 saturated heterocycles. The van der Waals surface area contributed by atoms with E-state index in [4.69, 9.17) is 16.3 Å². The van der Waals surface area contributed by atoms with Crippen LogP contribution in [0.5, 0.6) is 5.75 Å². The lowest BCUT2D eigenvalue weighted by atomic mass is 10.1. The largest absolute Gasteiger partial charge is 0.496 e. The van der Waals surface area contributed by atoms with Gasteiger partial charge in [-0.2, -0.15) is 0 Å². The van der Waals surface area contributed by atoms with E-state index in [1.807, 2.05) is 25.1 Å². The van der Waals surface area contributed by atoms with Crippen molar-refractivity contribution in [2.75, 3.05) is 12.4 Å². The van der Waals surface area contributed by atoms with Gasteiger partial charge in [0.2, 0.25) is 0 Å². The van der Waals surface area contributed by atoms with Crippen LogP contribution in [0.2, 0.25) is 5.02 Å². The van der Waals surface area contributed by atoms with E-state index in [9.17, 15) is 4.39 Å². The average Bonchev–Trinajstić information content (AvgIpc) is 2.42.